The summed E-state index contributed by atoms with van der Waals surface area (Å²) in [6.45, 7) is 10.9. The van der Waals surface area contributed by atoms with E-state index in [9.17, 15) is 9.90 Å². The highest BCUT2D eigenvalue weighted by molar-refractivity contribution is 5.70. The molecule has 17 heavy (non-hydrogen) atoms. The van der Waals surface area contributed by atoms with Crippen LogP contribution in [0.5, 0.6) is 0 Å². The Morgan fingerprint density at radius 3 is 2.35 bits per heavy atom. The zero-order valence-corrected chi connectivity index (χ0v) is 11.5. The number of nitrogens with zero attached hydrogens (tertiary/aromatic N) is 1. The van der Waals surface area contributed by atoms with Gasteiger partial charge in [-0.05, 0) is 41.5 Å². The summed E-state index contributed by atoms with van der Waals surface area (Å²) < 4.78 is 10.9. The molecule has 0 saturated carbocycles. The lowest BCUT2D eigenvalue weighted by Gasteiger charge is -2.39. The molecule has 5 nitrogen and oxygen atoms in total. The Kier molecular flexibility index (Phi) is 3.47. The average Bonchev–Trinajstić information content (AvgIpc) is 2.35. The van der Waals surface area contributed by atoms with Gasteiger partial charge in [-0.15, -0.1) is 0 Å². The minimum atomic E-state index is -0.764. The summed E-state index contributed by atoms with van der Waals surface area (Å²) in [6.07, 6.45) is -0.462. The zero-order valence-electron chi connectivity index (χ0n) is 11.5. The number of ether oxygens (including phenoxy) is 2. The van der Waals surface area contributed by atoms with Crippen molar-refractivity contribution in [2.45, 2.75) is 58.4 Å². The summed E-state index contributed by atoms with van der Waals surface area (Å²) in [5.41, 5.74) is -2.06. The van der Waals surface area contributed by atoms with E-state index in [1.165, 1.54) is 4.90 Å². The lowest BCUT2D eigenvalue weighted by Crippen LogP contribution is -2.57. The molecular formula is C12H23NO4. The Balaban J connectivity index is 2.95. The SMILES string of the molecule is CC(C)(C)OC(=O)N1C(C)(C)OC[C@]1(C)CO. The van der Waals surface area contributed by atoms with Gasteiger partial charge in [-0.25, -0.2) is 4.79 Å². The van der Waals surface area contributed by atoms with Crippen molar-refractivity contribution in [3.05, 3.63) is 0 Å². The molecule has 1 heterocycles. The fourth-order valence-electron chi connectivity index (χ4n) is 1.98. The van der Waals surface area contributed by atoms with Crippen LogP contribution >= 0.6 is 0 Å². The summed E-state index contributed by atoms with van der Waals surface area (Å²) >= 11 is 0. The number of carbonyl (C=O) groups excluding carboxylic acids is 1. The normalized spacial score (nSPS) is 28.3. The van der Waals surface area contributed by atoms with Crippen LogP contribution in [-0.4, -0.2) is 46.2 Å². The molecule has 1 saturated heterocycles. The van der Waals surface area contributed by atoms with Crippen LogP contribution < -0.4 is 0 Å². The molecule has 0 aromatic rings. The molecule has 5 heteroatoms. The Morgan fingerprint density at radius 1 is 1.41 bits per heavy atom. The van der Waals surface area contributed by atoms with Crippen LogP contribution in [0.15, 0.2) is 0 Å². The lowest BCUT2D eigenvalue weighted by atomic mass is 10.0. The van der Waals surface area contributed by atoms with Crippen LogP contribution in [0.3, 0.4) is 0 Å². The molecule has 1 atom stereocenters. The van der Waals surface area contributed by atoms with Crippen molar-refractivity contribution in [2.24, 2.45) is 0 Å². The van der Waals surface area contributed by atoms with E-state index in [1.54, 1.807) is 20.8 Å². The van der Waals surface area contributed by atoms with Crippen LogP contribution in [-0.2, 0) is 9.47 Å². The molecule has 1 rings (SSSR count). The van der Waals surface area contributed by atoms with Crippen molar-refractivity contribution in [1.29, 1.82) is 0 Å². The van der Waals surface area contributed by atoms with Crippen LogP contribution in [0.1, 0.15) is 41.5 Å². The highest BCUT2D eigenvalue weighted by Gasteiger charge is 2.52. The summed E-state index contributed by atoms with van der Waals surface area (Å²) in [5, 5.41) is 9.45. The first-order valence-electron chi connectivity index (χ1n) is 5.80. The van der Waals surface area contributed by atoms with Gasteiger partial charge in [0.2, 0.25) is 0 Å². The number of amides is 1. The molecule has 1 N–H and O–H groups in total. The smallest absolute Gasteiger partial charge is 0.413 e. The Labute approximate surface area is 103 Å². The summed E-state index contributed by atoms with van der Waals surface area (Å²) in [4.78, 5) is 13.6. The minimum Gasteiger partial charge on any atom is -0.444 e. The van der Waals surface area contributed by atoms with Gasteiger partial charge in [0.15, 0.2) is 0 Å². The third kappa shape index (κ3) is 2.90. The van der Waals surface area contributed by atoms with Crippen molar-refractivity contribution in [1.82, 2.24) is 4.90 Å². The van der Waals surface area contributed by atoms with Crippen molar-refractivity contribution in [3.63, 3.8) is 0 Å². The Hall–Kier alpha value is -0.810. The van der Waals surface area contributed by atoms with E-state index in [4.69, 9.17) is 9.47 Å². The van der Waals surface area contributed by atoms with Gasteiger partial charge in [-0.1, -0.05) is 0 Å². The molecule has 0 aromatic heterocycles. The van der Waals surface area contributed by atoms with Crippen LogP contribution in [0.2, 0.25) is 0 Å². The molecule has 1 amide bonds. The molecule has 100 valence electrons. The predicted molar refractivity (Wildman–Crippen MR) is 63.6 cm³/mol. The summed E-state index contributed by atoms with van der Waals surface area (Å²) in [7, 11) is 0. The van der Waals surface area contributed by atoms with Gasteiger partial charge in [0.25, 0.3) is 0 Å². The largest absolute Gasteiger partial charge is 0.444 e. The lowest BCUT2D eigenvalue weighted by molar-refractivity contribution is -0.0714. The molecule has 0 radical (unpaired) electrons. The van der Waals surface area contributed by atoms with Crippen LogP contribution in [0.25, 0.3) is 0 Å². The second-order valence-corrected chi connectivity index (χ2v) is 6.21. The molecule has 1 aliphatic rings. The molecule has 0 aromatic carbocycles. The van der Waals surface area contributed by atoms with Crippen molar-refractivity contribution < 1.29 is 19.4 Å². The van der Waals surface area contributed by atoms with Gasteiger partial charge in [0.05, 0.1) is 18.8 Å². The van der Waals surface area contributed by atoms with Gasteiger partial charge >= 0.3 is 6.09 Å². The number of carbonyl (C=O) groups is 1. The third-order valence-electron chi connectivity index (χ3n) is 2.73. The molecule has 0 unspecified atom stereocenters. The zero-order chi connectivity index (χ0) is 13.5. The highest BCUT2D eigenvalue weighted by atomic mass is 16.6. The fraction of sp³-hybridized carbons (Fsp3) is 0.917. The number of rotatable bonds is 1. The Bertz CT molecular complexity index is 308. The van der Waals surface area contributed by atoms with Gasteiger partial charge in [-0.3, -0.25) is 4.90 Å². The molecule has 1 aliphatic heterocycles. The van der Waals surface area contributed by atoms with E-state index >= 15 is 0 Å². The molecule has 0 spiro atoms. The van der Waals surface area contributed by atoms with Crippen molar-refractivity contribution in [3.8, 4) is 0 Å². The first-order valence-corrected chi connectivity index (χ1v) is 5.80. The minimum absolute atomic E-state index is 0.157. The third-order valence-corrected chi connectivity index (χ3v) is 2.73. The van der Waals surface area contributed by atoms with Crippen molar-refractivity contribution in [2.75, 3.05) is 13.2 Å². The second kappa shape index (κ2) is 4.14. The van der Waals surface area contributed by atoms with Gasteiger partial charge < -0.3 is 14.6 Å². The molecule has 1 fully saturated rings. The van der Waals surface area contributed by atoms with Gasteiger partial charge in [0, 0.05) is 0 Å². The summed E-state index contributed by atoms with van der Waals surface area (Å²) in [6, 6.07) is 0. The molecular weight excluding hydrogens is 222 g/mol. The van der Waals surface area contributed by atoms with E-state index in [2.05, 4.69) is 0 Å². The number of aliphatic hydroxyl groups is 1. The maximum absolute atomic E-state index is 12.2. The number of aliphatic hydroxyl groups excluding tert-OH is 1. The Morgan fingerprint density at radius 2 is 1.94 bits per heavy atom. The number of hydrogen-bond acceptors (Lipinski definition) is 4. The van der Waals surface area contributed by atoms with E-state index in [1.807, 2.05) is 20.8 Å². The quantitative estimate of drug-likeness (QED) is 0.764. The van der Waals surface area contributed by atoms with E-state index < -0.39 is 23.0 Å². The van der Waals surface area contributed by atoms with Gasteiger partial charge in [-0.2, -0.15) is 0 Å². The topological polar surface area (TPSA) is 59.0 Å². The maximum atomic E-state index is 12.2. The van der Waals surface area contributed by atoms with Crippen LogP contribution in [0.4, 0.5) is 4.79 Å². The summed E-state index contributed by atoms with van der Waals surface area (Å²) in [5.74, 6) is 0. The predicted octanol–water partition coefficient (Wildman–Crippen LogP) is 1.74. The van der Waals surface area contributed by atoms with Crippen LogP contribution in [0, 0.1) is 0 Å². The maximum Gasteiger partial charge on any atom is 0.413 e. The second-order valence-electron chi connectivity index (χ2n) is 6.21. The van der Waals surface area contributed by atoms with Crippen molar-refractivity contribution >= 4 is 6.09 Å². The average molecular weight is 245 g/mol. The van der Waals surface area contributed by atoms with Gasteiger partial charge in [0.1, 0.15) is 11.3 Å². The highest BCUT2D eigenvalue weighted by Crippen LogP contribution is 2.35. The monoisotopic (exact) mass is 245 g/mol. The van der Waals surface area contributed by atoms with E-state index in [0.29, 0.717) is 6.61 Å². The fourth-order valence-corrected chi connectivity index (χ4v) is 1.98. The van der Waals surface area contributed by atoms with E-state index in [0.717, 1.165) is 0 Å². The van der Waals surface area contributed by atoms with E-state index in [-0.39, 0.29) is 6.61 Å². The molecule has 0 aliphatic carbocycles. The molecule has 0 bridgehead atoms. The standard InChI is InChI=1S/C12H23NO4/c1-10(2,3)17-9(15)13-11(4,5)16-8-12(13,6)7-14/h14H,7-8H2,1-6H3/t12-/m0/s1. The number of hydrogen-bond donors (Lipinski definition) is 1. The first-order chi connectivity index (χ1) is 7.52. The first kappa shape index (κ1) is 14.3.